The van der Waals surface area contributed by atoms with E-state index in [1.54, 1.807) is 14.1 Å². The second-order valence-electron chi connectivity index (χ2n) is 7.49. The van der Waals surface area contributed by atoms with Gasteiger partial charge in [0, 0.05) is 40.3 Å². The van der Waals surface area contributed by atoms with Crippen LogP contribution in [0.4, 0.5) is 4.39 Å². The van der Waals surface area contributed by atoms with Crippen LogP contribution in [0.2, 0.25) is 0 Å². The Balaban J connectivity index is 0.00000420. The summed E-state index contributed by atoms with van der Waals surface area (Å²) in [6.45, 7) is 7.81. The number of hydrogen-bond acceptors (Lipinski definition) is 4. The first-order valence-corrected chi connectivity index (χ1v) is 9.61. The minimum atomic E-state index is -0.563. The van der Waals surface area contributed by atoms with Gasteiger partial charge in [0.15, 0.2) is 5.96 Å². The van der Waals surface area contributed by atoms with Gasteiger partial charge in [0.2, 0.25) is 5.91 Å². The lowest BCUT2D eigenvalue weighted by Crippen LogP contribution is -2.49. The molecule has 1 aromatic carbocycles. The molecule has 1 aliphatic rings. The van der Waals surface area contributed by atoms with Crippen LogP contribution in [0.25, 0.3) is 0 Å². The zero-order valence-electron chi connectivity index (χ0n) is 17.6. The van der Waals surface area contributed by atoms with Crippen LogP contribution < -0.4 is 16.0 Å². The molecule has 1 aliphatic heterocycles. The summed E-state index contributed by atoms with van der Waals surface area (Å²) >= 11 is 0. The molecule has 29 heavy (non-hydrogen) atoms. The fraction of sp³-hybridized carbons (Fsp3) is 0.600. The number of guanidine groups is 1. The van der Waals surface area contributed by atoms with E-state index in [2.05, 4.69) is 25.8 Å². The van der Waals surface area contributed by atoms with Crippen molar-refractivity contribution in [1.82, 2.24) is 20.9 Å². The summed E-state index contributed by atoms with van der Waals surface area (Å²) < 4.78 is 18.8. The van der Waals surface area contributed by atoms with Gasteiger partial charge >= 0.3 is 0 Å². The second-order valence-corrected chi connectivity index (χ2v) is 7.49. The van der Waals surface area contributed by atoms with E-state index in [0.717, 1.165) is 18.7 Å². The molecule has 0 bridgehead atoms. The summed E-state index contributed by atoms with van der Waals surface area (Å²) in [4.78, 5) is 18.5. The molecule has 0 radical (unpaired) electrons. The van der Waals surface area contributed by atoms with E-state index in [4.69, 9.17) is 4.74 Å². The molecule has 1 fully saturated rings. The molecule has 0 aromatic heterocycles. The number of aliphatic imine (C=N–C) groups is 1. The molecule has 0 spiro atoms. The third-order valence-electron chi connectivity index (χ3n) is 4.97. The summed E-state index contributed by atoms with van der Waals surface area (Å²) in [5.74, 6) is 0.344. The minimum absolute atomic E-state index is 0. The van der Waals surface area contributed by atoms with Crippen LogP contribution in [0.5, 0.6) is 0 Å². The molecule has 164 valence electrons. The Morgan fingerprint density at radius 3 is 2.41 bits per heavy atom. The fourth-order valence-electron chi connectivity index (χ4n) is 3.17. The van der Waals surface area contributed by atoms with Gasteiger partial charge in [-0.15, -0.1) is 24.0 Å². The quantitative estimate of drug-likeness (QED) is 0.290. The average molecular weight is 521 g/mol. The highest BCUT2D eigenvalue weighted by atomic mass is 127. The first-order valence-electron chi connectivity index (χ1n) is 9.61. The lowest BCUT2D eigenvalue weighted by Gasteiger charge is -2.35. The Morgan fingerprint density at radius 2 is 1.86 bits per heavy atom. The molecule has 1 aromatic rings. The van der Waals surface area contributed by atoms with Gasteiger partial charge in [-0.05, 0) is 31.5 Å². The lowest BCUT2D eigenvalue weighted by atomic mass is 9.92. The molecule has 0 saturated carbocycles. The number of halogens is 2. The Labute approximate surface area is 189 Å². The lowest BCUT2D eigenvalue weighted by molar-refractivity contribution is -0.128. The number of carbonyl (C=O) groups is 1. The van der Waals surface area contributed by atoms with Crippen molar-refractivity contribution in [3.05, 3.63) is 35.6 Å². The highest BCUT2D eigenvalue weighted by Crippen LogP contribution is 2.21. The summed E-state index contributed by atoms with van der Waals surface area (Å²) in [5, 5.41) is 9.24. The van der Waals surface area contributed by atoms with Crippen molar-refractivity contribution >= 4 is 35.8 Å². The molecular weight excluding hydrogens is 488 g/mol. The van der Waals surface area contributed by atoms with E-state index in [1.165, 1.54) is 12.1 Å². The van der Waals surface area contributed by atoms with Gasteiger partial charge in [-0.2, -0.15) is 0 Å². The first kappa shape index (κ1) is 25.6. The number of morpholine rings is 1. The molecule has 3 N–H and O–H groups in total. The molecule has 0 aliphatic carbocycles. The zero-order chi connectivity index (χ0) is 20.6. The third kappa shape index (κ3) is 7.71. The van der Waals surface area contributed by atoms with Crippen LogP contribution >= 0.6 is 24.0 Å². The van der Waals surface area contributed by atoms with E-state index >= 15 is 0 Å². The number of nitrogens with zero attached hydrogens (tertiary/aromatic N) is 2. The topological polar surface area (TPSA) is 78.0 Å². The number of hydrogen-bond donors (Lipinski definition) is 3. The molecule has 1 amide bonds. The summed E-state index contributed by atoms with van der Waals surface area (Å²) in [7, 11) is 3.33. The molecule has 7 nitrogen and oxygen atoms in total. The monoisotopic (exact) mass is 521 g/mol. The fourth-order valence-corrected chi connectivity index (χ4v) is 3.17. The SMILES string of the molecule is CN=C(NCC(c1ccc(F)cc1)N1CCOCC1)NCC(C)(C)C(=O)NC.I. The highest BCUT2D eigenvalue weighted by Gasteiger charge is 2.27. The van der Waals surface area contributed by atoms with Crippen LogP contribution in [0.15, 0.2) is 29.3 Å². The van der Waals surface area contributed by atoms with E-state index < -0.39 is 5.41 Å². The predicted molar refractivity (Wildman–Crippen MR) is 124 cm³/mol. The number of amides is 1. The van der Waals surface area contributed by atoms with E-state index in [-0.39, 0.29) is 41.7 Å². The van der Waals surface area contributed by atoms with Gasteiger partial charge in [0.1, 0.15) is 5.82 Å². The minimum Gasteiger partial charge on any atom is -0.379 e. The van der Waals surface area contributed by atoms with Gasteiger partial charge in [0.05, 0.1) is 24.7 Å². The highest BCUT2D eigenvalue weighted by molar-refractivity contribution is 14.0. The second kappa shape index (κ2) is 12.3. The van der Waals surface area contributed by atoms with Crippen LogP contribution in [0.3, 0.4) is 0 Å². The molecule has 9 heteroatoms. The zero-order valence-corrected chi connectivity index (χ0v) is 20.0. The maximum Gasteiger partial charge on any atom is 0.227 e. The Bertz CT molecular complexity index is 663. The van der Waals surface area contributed by atoms with Crippen LogP contribution in [-0.4, -0.2) is 70.3 Å². The Morgan fingerprint density at radius 1 is 1.24 bits per heavy atom. The third-order valence-corrected chi connectivity index (χ3v) is 4.97. The Kier molecular flexibility index (Phi) is 10.8. The van der Waals surface area contributed by atoms with Gasteiger partial charge in [0.25, 0.3) is 0 Å². The molecular formula is C20H33FIN5O2. The summed E-state index contributed by atoms with van der Waals surface area (Å²) in [6.07, 6.45) is 0. The maximum atomic E-state index is 13.4. The largest absolute Gasteiger partial charge is 0.379 e. The molecule has 1 heterocycles. The number of ether oxygens (including phenoxy) is 1. The molecule has 1 saturated heterocycles. The van der Waals surface area contributed by atoms with Crippen molar-refractivity contribution < 1.29 is 13.9 Å². The number of carbonyl (C=O) groups excluding carboxylic acids is 1. The van der Waals surface area contributed by atoms with Gasteiger partial charge in [-0.3, -0.25) is 14.7 Å². The van der Waals surface area contributed by atoms with Gasteiger partial charge < -0.3 is 20.7 Å². The van der Waals surface area contributed by atoms with Crippen molar-refractivity contribution in [1.29, 1.82) is 0 Å². The number of nitrogens with one attached hydrogen (secondary N) is 3. The van der Waals surface area contributed by atoms with E-state index in [9.17, 15) is 9.18 Å². The van der Waals surface area contributed by atoms with Crippen LogP contribution in [0, 0.1) is 11.2 Å². The van der Waals surface area contributed by atoms with Crippen LogP contribution in [0.1, 0.15) is 25.5 Å². The van der Waals surface area contributed by atoms with E-state index in [1.807, 2.05) is 26.0 Å². The van der Waals surface area contributed by atoms with Crippen molar-refractivity contribution in [2.75, 3.05) is 53.5 Å². The average Bonchev–Trinajstić information content (AvgIpc) is 2.71. The summed E-state index contributed by atoms with van der Waals surface area (Å²) in [5.41, 5.74) is 0.476. The maximum absolute atomic E-state index is 13.4. The molecule has 1 atom stereocenters. The summed E-state index contributed by atoms with van der Waals surface area (Å²) in [6, 6.07) is 6.68. The molecule has 2 rings (SSSR count). The van der Waals surface area contributed by atoms with Gasteiger partial charge in [-0.1, -0.05) is 12.1 Å². The smallest absolute Gasteiger partial charge is 0.227 e. The number of rotatable bonds is 7. The standard InChI is InChI=1S/C20H32FN5O2.HI/c1-20(2,18(27)22-3)14-25-19(23-4)24-13-17(26-9-11-28-12-10-26)15-5-7-16(21)8-6-15;/h5-8,17H,9-14H2,1-4H3,(H,22,27)(H2,23,24,25);1H. The van der Waals surface area contributed by atoms with Gasteiger partial charge in [-0.25, -0.2) is 4.39 Å². The normalized spacial score (nSPS) is 16.5. The molecule has 1 unspecified atom stereocenters. The number of benzene rings is 1. The van der Waals surface area contributed by atoms with Crippen molar-refractivity contribution in [2.45, 2.75) is 19.9 Å². The van der Waals surface area contributed by atoms with E-state index in [0.29, 0.717) is 32.3 Å². The van der Waals surface area contributed by atoms with Crippen molar-refractivity contribution in [3.63, 3.8) is 0 Å². The van der Waals surface area contributed by atoms with Crippen molar-refractivity contribution in [3.8, 4) is 0 Å². The predicted octanol–water partition coefficient (Wildman–Crippen LogP) is 1.75. The first-order chi connectivity index (χ1) is 13.4. The van der Waals surface area contributed by atoms with Crippen LogP contribution in [-0.2, 0) is 9.53 Å². The Hall–Kier alpha value is -1.46. The van der Waals surface area contributed by atoms with Crippen molar-refractivity contribution in [2.24, 2.45) is 10.4 Å².